The fourth-order valence-electron chi connectivity index (χ4n) is 2.12. The smallest absolute Gasteiger partial charge is 0.187 e. The molecule has 0 saturated heterocycles. The molecule has 146 valence electrons. The van der Waals surface area contributed by atoms with Crippen LogP contribution in [0.2, 0.25) is 0 Å². The molecule has 2 aliphatic rings. The maximum Gasteiger partial charge on any atom is 0.187 e. The zero-order valence-corrected chi connectivity index (χ0v) is 17.5. The van der Waals surface area contributed by atoms with Gasteiger partial charge in [-0.15, -0.1) is 0 Å². The normalized spacial score (nSPS) is 17.6. The zero-order chi connectivity index (χ0) is 19.0. The number of carbonyl (C=O) groups excluding carboxylic acids is 2. The Balaban J connectivity index is 0.000000483. The van der Waals surface area contributed by atoms with Gasteiger partial charge < -0.3 is 10.6 Å². The van der Waals surface area contributed by atoms with Crippen LogP contribution in [0.3, 0.4) is 0 Å². The van der Waals surface area contributed by atoms with Crippen molar-refractivity contribution in [2.45, 2.75) is 39.5 Å². The number of ketones is 2. The first-order valence-electron chi connectivity index (χ1n) is 9.34. The fourth-order valence-corrected chi connectivity index (χ4v) is 2.12. The Labute approximate surface area is 174 Å². The average Bonchev–Trinajstić information content (AvgIpc) is 2.66. The van der Waals surface area contributed by atoms with E-state index in [0.717, 1.165) is 37.1 Å². The van der Waals surface area contributed by atoms with E-state index in [4.69, 9.17) is 0 Å². The van der Waals surface area contributed by atoms with Crippen molar-refractivity contribution in [3.8, 4) is 0 Å². The van der Waals surface area contributed by atoms with E-state index in [1.807, 2.05) is 24.3 Å². The van der Waals surface area contributed by atoms with Gasteiger partial charge in [-0.3, -0.25) is 9.59 Å². The van der Waals surface area contributed by atoms with Crippen LogP contribution in [-0.2, 0) is 27.0 Å². The minimum Gasteiger partial charge on any atom is -0.390 e. The molecule has 0 aliphatic heterocycles. The van der Waals surface area contributed by atoms with E-state index in [0.29, 0.717) is 0 Å². The molecule has 2 aliphatic carbocycles. The van der Waals surface area contributed by atoms with Crippen LogP contribution in [0.15, 0.2) is 72.2 Å². The molecule has 0 bridgehead atoms. The monoisotopic (exact) mass is 406 g/mol. The summed E-state index contributed by atoms with van der Waals surface area (Å²) in [7, 11) is 0. The van der Waals surface area contributed by atoms with E-state index in [2.05, 4.69) is 24.5 Å². The SMILES string of the molecule is CCCCN/C=C1/C=CC=CC1=O.CCCCN/C=C1/C=CC=CC1=O.[Cr]. The van der Waals surface area contributed by atoms with E-state index >= 15 is 0 Å². The maximum atomic E-state index is 11.2. The van der Waals surface area contributed by atoms with E-state index in [9.17, 15) is 9.59 Å². The van der Waals surface area contributed by atoms with Crippen molar-refractivity contribution in [3.63, 3.8) is 0 Å². The number of nitrogens with one attached hydrogen (secondary N) is 2. The Morgan fingerprint density at radius 3 is 1.41 bits per heavy atom. The summed E-state index contributed by atoms with van der Waals surface area (Å²) in [5.74, 6) is 0.151. The molecule has 2 rings (SSSR count). The average molecular weight is 406 g/mol. The number of unbranched alkanes of at least 4 members (excludes halogenated alkanes) is 2. The molecular weight excluding hydrogens is 376 g/mol. The second kappa shape index (κ2) is 16.1. The Morgan fingerprint density at radius 2 is 1.07 bits per heavy atom. The third kappa shape index (κ3) is 11.3. The molecular formula is C22H30CrN2O2. The Bertz CT molecular complexity index is 585. The quantitative estimate of drug-likeness (QED) is 0.474. The molecule has 0 amide bonds. The van der Waals surface area contributed by atoms with Gasteiger partial charge in [0.1, 0.15) is 0 Å². The molecule has 0 aromatic rings. The molecule has 0 heterocycles. The van der Waals surface area contributed by atoms with Crippen molar-refractivity contribution < 1.29 is 27.0 Å². The second-order valence-corrected chi connectivity index (χ2v) is 5.98. The summed E-state index contributed by atoms with van der Waals surface area (Å²) in [4.78, 5) is 22.4. The number of hydrogen-bond acceptors (Lipinski definition) is 4. The van der Waals surface area contributed by atoms with Gasteiger partial charge in [0.2, 0.25) is 0 Å². The molecule has 0 saturated carbocycles. The third-order valence-electron chi connectivity index (χ3n) is 3.70. The van der Waals surface area contributed by atoms with Crippen LogP contribution >= 0.6 is 0 Å². The van der Waals surface area contributed by atoms with E-state index in [1.54, 1.807) is 36.7 Å². The zero-order valence-electron chi connectivity index (χ0n) is 16.2. The number of carbonyl (C=O) groups is 2. The van der Waals surface area contributed by atoms with Crippen molar-refractivity contribution >= 4 is 11.6 Å². The summed E-state index contributed by atoms with van der Waals surface area (Å²) in [6.45, 7) is 6.15. The van der Waals surface area contributed by atoms with Gasteiger partial charge in [0.05, 0.1) is 0 Å². The van der Waals surface area contributed by atoms with Crippen LogP contribution in [-0.4, -0.2) is 24.7 Å². The van der Waals surface area contributed by atoms with Crippen LogP contribution in [0.5, 0.6) is 0 Å². The number of allylic oxidation sites excluding steroid dienone is 10. The minimum absolute atomic E-state index is 0. The van der Waals surface area contributed by atoms with Gasteiger partial charge in [-0.2, -0.15) is 0 Å². The van der Waals surface area contributed by atoms with Crippen molar-refractivity contribution in [2.24, 2.45) is 0 Å². The standard InChI is InChI=1S/2C11H15NO.Cr/c2*1-2-3-8-12-9-10-6-4-5-7-11(10)13;/h2*4-7,9,12H,2-3,8H2,1H3;/b2*10-9-;. The molecule has 5 heteroatoms. The van der Waals surface area contributed by atoms with Gasteiger partial charge in [-0.25, -0.2) is 0 Å². The summed E-state index contributed by atoms with van der Waals surface area (Å²) in [6.07, 6.45) is 22.2. The number of hydrogen-bond donors (Lipinski definition) is 2. The largest absolute Gasteiger partial charge is 0.390 e. The third-order valence-corrected chi connectivity index (χ3v) is 3.70. The number of rotatable bonds is 8. The van der Waals surface area contributed by atoms with Crippen molar-refractivity contribution in [1.82, 2.24) is 10.6 Å². The van der Waals surface area contributed by atoms with Crippen molar-refractivity contribution in [3.05, 3.63) is 72.2 Å². The minimum atomic E-state index is 0. The first-order valence-corrected chi connectivity index (χ1v) is 9.34. The van der Waals surface area contributed by atoms with Crippen molar-refractivity contribution in [2.75, 3.05) is 13.1 Å². The summed E-state index contributed by atoms with van der Waals surface area (Å²) < 4.78 is 0. The summed E-state index contributed by atoms with van der Waals surface area (Å²) in [5, 5.41) is 6.24. The molecule has 0 aromatic heterocycles. The van der Waals surface area contributed by atoms with Crippen LogP contribution in [0.4, 0.5) is 0 Å². The van der Waals surface area contributed by atoms with E-state index in [-0.39, 0.29) is 28.9 Å². The molecule has 0 fully saturated rings. The predicted molar refractivity (Wildman–Crippen MR) is 109 cm³/mol. The van der Waals surface area contributed by atoms with Gasteiger partial charge in [0, 0.05) is 54.0 Å². The summed E-state index contributed by atoms with van der Waals surface area (Å²) in [5.41, 5.74) is 1.47. The first-order chi connectivity index (χ1) is 12.7. The van der Waals surface area contributed by atoms with Gasteiger partial charge in [-0.1, -0.05) is 51.0 Å². The van der Waals surface area contributed by atoms with Crippen LogP contribution in [0, 0.1) is 0 Å². The Kier molecular flexibility index (Phi) is 14.9. The Morgan fingerprint density at radius 1 is 0.704 bits per heavy atom. The molecule has 0 aromatic carbocycles. The van der Waals surface area contributed by atoms with Crippen LogP contribution < -0.4 is 10.6 Å². The first kappa shape index (κ1) is 24.9. The molecule has 0 spiro atoms. The summed E-state index contributed by atoms with van der Waals surface area (Å²) >= 11 is 0. The van der Waals surface area contributed by atoms with Gasteiger partial charge in [-0.05, 0) is 37.1 Å². The second-order valence-electron chi connectivity index (χ2n) is 5.98. The molecule has 4 nitrogen and oxygen atoms in total. The molecule has 2 N–H and O–H groups in total. The Hall–Kier alpha value is -2.09. The molecule has 0 atom stereocenters. The van der Waals surface area contributed by atoms with Crippen LogP contribution in [0.1, 0.15) is 39.5 Å². The topological polar surface area (TPSA) is 58.2 Å². The van der Waals surface area contributed by atoms with Gasteiger partial charge >= 0.3 is 0 Å². The predicted octanol–water partition coefficient (Wildman–Crippen LogP) is 3.91. The summed E-state index contributed by atoms with van der Waals surface area (Å²) in [6, 6.07) is 0. The van der Waals surface area contributed by atoms with E-state index < -0.39 is 0 Å². The maximum absolute atomic E-state index is 11.2. The van der Waals surface area contributed by atoms with Gasteiger partial charge in [0.15, 0.2) is 11.6 Å². The van der Waals surface area contributed by atoms with Crippen LogP contribution in [0.25, 0.3) is 0 Å². The van der Waals surface area contributed by atoms with Gasteiger partial charge in [0.25, 0.3) is 0 Å². The van der Waals surface area contributed by atoms with E-state index in [1.165, 1.54) is 12.8 Å². The molecule has 27 heavy (non-hydrogen) atoms. The van der Waals surface area contributed by atoms with Crippen molar-refractivity contribution in [1.29, 1.82) is 0 Å². The molecule has 0 radical (unpaired) electrons. The fraction of sp³-hybridized carbons (Fsp3) is 0.364. The molecule has 0 unspecified atom stereocenters.